The van der Waals surface area contributed by atoms with Gasteiger partial charge in [0.05, 0.1) is 17.4 Å². The largest absolute Gasteiger partial charge is 0.461 e. The number of aliphatic hydroxyl groups is 1. The lowest BCUT2D eigenvalue weighted by Gasteiger charge is -2.27. The van der Waals surface area contributed by atoms with E-state index in [1.54, 1.807) is 0 Å². The van der Waals surface area contributed by atoms with Crippen LogP contribution in [0.1, 0.15) is 70.8 Å². The fraction of sp³-hybridized carbons (Fsp3) is 0.692. The Morgan fingerprint density at radius 2 is 1.61 bits per heavy atom. The van der Waals surface area contributed by atoms with Gasteiger partial charge in [0.15, 0.2) is 0 Å². The zero-order valence-electron chi connectivity index (χ0n) is 21.0. The van der Waals surface area contributed by atoms with Crippen LogP contribution in [-0.4, -0.2) is 50.2 Å². The molecule has 2 aliphatic rings. The molecule has 0 bridgehead atoms. The molecule has 4 N–H and O–H groups in total. The Labute approximate surface area is 198 Å². The van der Waals surface area contributed by atoms with Crippen molar-refractivity contribution in [1.82, 2.24) is 0 Å². The van der Waals surface area contributed by atoms with Crippen LogP contribution in [0, 0.1) is 17.3 Å². The molecular weight excluding hydrogens is 418 g/mol. The van der Waals surface area contributed by atoms with Crippen molar-refractivity contribution in [2.75, 3.05) is 37.1 Å². The van der Waals surface area contributed by atoms with E-state index in [4.69, 9.17) is 4.74 Å². The average molecular weight is 460 g/mol. The molecule has 3 rings (SSSR count). The van der Waals surface area contributed by atoms with Crippen molar-refractivity contribution in [3.63, 3.8) is 0 Å². The predicted octanol–water partition coefficient (Wildman–Crippen LogP) is 4.38. The number of Topliss-reactive ketones (excluding diaryl/α,β-unsaturated/α-hetero) is 1. The molecule has 33 heavy (non-hydrogen) atoms. The summed E-state index contributed by atoms with van der Waals surface area (Å²) in [6.07, 6.45) is 4.13. The van der Waals surface area contributed by atoms with Crippen LogP contribution in [0.15, 0.2) is 12.1 Å². The number of nitrogens with one attached hydrogen (secondary N) is 3. The maximum Gasteiger partial charge on any atom is 0.311 e. The molecule has 7 heteroatoms. The third-order valence-electron chi connectivity index (χ3n) is 7.22. The fourth-order valence-electron chi connectivity index (χ4n) is 5.27. The van der Waals surface area contributed by atoms with Gasteiger partial charge in [-0.3, -0.25) is 9.59 Å². The maximum atomic E-state index is 13.9. The monoisotopic (exact) mass is 459 g/mol. The van der Waals surface area contributed by atoms with Crippen LogP contribution < -0.4 is 16.0 Å². The number of ether oxygens (including phenoxy) is 1. The van der Waals surface area contributed by atoms with E-state index in [2.05, 4.69) is 16.0 Å². The van der Waals surface area contributed by atoms with Gasteiger partial charge in [0.2, 0.25) is 0 Å². The van der Waals surface area contributed by atoms with Gasteiger partial charge in [-0.05, 0) is 77.3 Å². The molecule has 2 aliphatic carbocycles. The molecule has 1 aromatic carbocycles. The lowest BCUT2D eigenvalue weighted by atomic mass is 9.80. The summed E-state index contributed by atoms with van der Waals surface area (Å²) in [6.45, 7) is 5.52. The molecule has 0 saturated heterocycles. The number of hydrogen-bond acceptors (Lipinski definition) is 7. The van der Waals surface area contributed by atoms with E-state index in [-0.39, 0.29) is 23.8 Å². The first-order chi connectivity index (χ1) is 15.6. The number of rotatable bonds is 7. The average Bonchev–Trinajstić information content (AvgIpc) is 3.07. The quantitative estimate of drug-likeness (QED) is 0.449. The number of ketones is 1. The highest BCUT2D eigenvalue weighted by Gasteiger charge is 2.48. The van der Waals surface area contributed by atoms with Crippen molar-refractivity contribution in [2.24, 2.45) is 17.3 Å². The molecule has 0 aliphatic heterocycles. The lowest BCUT2D eigenvalue weighted by Crippen LogP contribution is -2.31. The summed E-state index contributed by atoms with van der Waals surface area (Å²) < 4.78 is 6.03. The number of aliphatic hydroxyl groups excluding tert-OH is 1. The van der Waals surface area contributed by atoms with Gasteiger partial charge in [-0.25, -0.2) is 0 Å². The fourth-order valence-corrected chi connectivity index (χ4v) is 5.27. The summed E-state index contributed by atoms with van der Waals surface area (Å²) in [5.74, 6) is -0.370. The molecule has 184 valence electrons. The molecule has 0 amide bonds. The Kier molecular flexibility index (Phi) is 7.93. The van der Waals surface area contributed by atoms with Crippen LogP contribution in [0.25, 0.3) is 0 Å². The third-order valence-corrected chi connectivity index (χ3v) is 7.22. The summed E-state index contributed by atoms with van der Waals surface area (Å²) >= 11 is 0. The molecular formula is C26H41N3O4. The molecule has 0 heterocycles. The minimum atomic E-state index is -0.640. The zero-order valence-corrected chi connectivity index (χ0v) is 21.0. The van der Waals surface area contributed by atoms with Crippen LogP contribution in [0.3, 0.4) is 0 Å². The lowest BCUT2D eigenvalue weighted by molar-refractivity contribution is -0.159. The number of hydrogen-bond donors (Lipinski definition) is 4. The van der Waals surface area contributed by atoms with Crippen LogP contribution >= 0.6 is 0 Å². The second-order valence-electron chi connectivity index (χ2n) is 10.7. The normalized spacial score (nSPS) is 27.8. The smallest absolute Gasteiger partial charge is 0.311 e. The predicted molar refractivity (Wildman–Crippen MR) is 133 cm³/mol. The molecule has 0 radical (unpaired) electrons. The van der Waals surface area contributed by atoms with E-state index in [1.165, 1.54) is 0 Å². The molecule has 0 spiro atoms. The minimum Gasteiger partial charge on any atom is -0.461 e. The van der Waals surface area contributed by atoms with Gasteiger partial charge >= 0.3 is 5.97 Å². The van der Waals surface area contributed by atoms with Crippen LogP contribution in [-0.2, 0) is 14.3 Å². The second-order valence-corrected chi connectivity index (χ2v) is 10.7. The minimum absolute atomic E-state index is 0.147. The standard InChI is InChI=1S/C26H41N3O4/c1-26(2,3)25(32)33-21-12-16(11-15-7-9-18(30)10-8-15)24(31)23(21)22-19(28-5)13-17(27-4)14-20(22)29-6/h13-16,18,21,23,27-30H,7-12H2,1-6H3. The van der Waals surface area contributed by atoms with Gasteiger partial charge in [-0.1, -0.05) is 0 Å². The van der Waals surface area contributed by atoms with Gasteiger partial charge in [-0.2, -0.15) is 0 Å². The summed E-state index contributed by atoms with van der Waals surface area (Å²) in [7, 11) is 5.55. The van der Waals surface area contributed by atoms with E-state index in [1.807, 2.05) is 54.0 Å². The van der Waals surface area contributed by atoms with Crippen molar-refractivity contribution < 1.29 is 19.4 Å². The Hall–Kier alpha value is -2.28. The Morgan fingerprint density at radius 3 is 2.09 bits per heavy atom. The van der Waals surface area contributed by atoms with E-state index in [0.717, 1.165) is 54.7 Å². The van der Waals surface area contributed by atoms with Crippen molar-refractivity contribution >= 4 is 28.8 Å². The molecule has 0 aromatic heterocycles. The number of esters is 1. The molecule has 7 nitrogen and oxygen atoms in total. The molecule has 2 fully saturated rings. The third kappa shape index (κ3) is 5.62. The summed E-state index contributed by atoms with van der Waals surface area (Å²) in [4.78, 5) is 26.7. The first-order valence-corrected chi connectivity index (χ1v) is 12.2. The van der Waals surface area contributed by atoms with E-state index in [9.17, 15) is 14.7 Å². The summed E-state index contributed by atoms with van der Waals surface area (Å²) in [5.41, 5.74) is 2.85. The van der Waals surface area contributed by atoms with Gasteiger partial charge < -0.3 is 25.8 Å². The maximum absolute atomic E-state index is 13.9. The van der Waals surface area contributed by atoms with Gasteiger partial charge in [0.1, 0.15) is 11.9 Å². The first kappa shape index (κ1) is 25.3. The van der Waals surface area contributed by atoms with E-state index < -0.39 is 17.4 Å². The summed E-state index contributed by atoms with van der Waals surface area (Å²) in [6, 6.07) is 3.98. The van der Waals surface area contributed by atoms with Crippen LogP contribution in [0.5, 0.6) is 0 Å². The van der Waals surface area contributed by atoms with Crippen LogP contribution in [0.4, 0.5) is 17.1 Å². The van der Waals surface area contributed by atoms with Crippen molar-refractivity contribution in [1.29, 1.82) is 0 Å². The Bertz CT molecular complexity index is 831. The SMILES string of the molecule is CNc1cc(NC)c(C2C(=O)C(CC3CCC(O)CC3)CC2OC(=O)C(C)(C)C)c(NC)c1. The molecule has 3 unspecified atom stereocenters. The number of benzene rings is 1. The zero-order chi connectivity index (χ0) is 24.3. The highest BCUT2D eigenvalue weighted by atomic mass is 16.5. The van der Waals surface area contributed by atoms with Crippen molar-refractivity contribution in [2.45, 2.75) is 77.4 Å². The Morgan fingerprint density at radius 1 is 1.03 bits per heavy atom. The number of anilines is 3. The Balaban J connectivity index is 1.97. The highest BCUT2D eigenvalue weighted by Crippen LogP contribution is 2.47. The first-order valence-electron chi connectivity index (χ1n) is 12.2. The highest BCUT2D eigenvalue weighted by molar-refractivity contribution is 5.95. The van der Waals surface area contributed by atoms with E-state index >= 15 is 0 Å². The molecule has 2 saturated carbocycles. The van der Waals surface area contributed by atoms with Gasteiger partial charge in [0, 0.05) is 49.7 Å². The van der Waals surface area contributed by atoms with E-state index in [0.29, 0.717) is 12.3 Å². The van der Waals surface area contributed by atoms with Crippen molar-refractivity contribution in [3.05, 3.63) is 17.7 Å². The summed E-state index contributed by atoms with van der Waals surface area (Å²) in [5, 5.41) is 19.5. The van der Waals surface area contributed by atoms with Crippen molar-refractivity contribution in [3.8, 4) is 0 Å². The van der Waals surface area contributed by atoms with Gasteiger partial charge in [-0.15, -0.1) is 0 Å². The topological polar surface area (TPSA) is 99.7 Å². The molecule has 3 atom stereocenters. The number of carbonyl (C=O) groups excluding carboxylic acids is 2. The molecule has 1 aromatic rings. The number of carbonyl (C=O) groups is 2. The second kappa shape index (κ2) is 10.3. The van der Waals surface area contributed by atoms with Crippen LogP contribution in [0.2, 0.25) is 0 Å². The van der Waals surface area contributed by atoms with Gasteiger partial charge in [0.25, 0.3) is 0 Å².